The molecule has 0 bridgehead atoms. The highest BCUT2D eigenvalue weighted by molar-refractivity contribution is 7.99. The van der Waals surface area contributed by atoms with Crippen LogP contribution >= 0.6 is 23.1 Å². The number of fused-ring (bicyclic) bond motifs is 2. The van der Waals surface area contributed by atoms with Crippen molar-refractivity contribution in [3.63, 3.8) is 0 Å². The number of amides is 2. The van der Waals surface area contributed by atoms with Crippen LogP contribution in [0.4, 0.5) is 5.13 Å². The van der Waals surface area contributed by atoms with Gasteiger partial charge < -0.3 is 15.3 Å². The molecule has 190 valence electrons. The molecular weight excluding hydrogens is 466 g/mol. The first-order valence-corrected chi connectivity index (χ1v) is 14.7. The molecule has 1 saturated carbocycles. The first-order valence-electron chi connectivity index (χ1n) is 12.7. The molecule has 2 heterocycles. The fourth-order valence-electron chi connectivity index (χ4n) is 6.50. The summed E-state index contributed by atoms with van der Waals surface area (Å²) >= 11 is 3.50. The minimum Gasteiger partial charge on any atom is -0.392 e. The Kier molecular flexibility index (Phi) is 7.43. The molecule has 0 aromatic carbocycles. The van der Waals surface area contributed by atoms with Crippen molar-refractivity contribution >= 4 is 40.0 Å². The van der Waals surface area contributed by atoms with Crippen LogP contribution in [0.15, 0.2) is 0 Å². The van der Waals surface area contributed by atoms with Crippen molar-refractivity contribution in [2.45, 2.75) is 79.2 Å². The van der Waals surface area contributed by atoms with Crippen molar-refractivity contribution in [2.75, 3.05) is 29.9 Å². The molecule has 0 radical (unpaired) electrons. The number of aliphatic hydroxyl groups excluding tert-OH is 1. The Morgan fingerprint density at radius 2 is 1.97 bits per heavy atom. The van der Waals surface area contributed by atoms with Gasteiger partial charge in [0.1, 0.15) is 0 Å². The molecular formula is C26H41N3O3S2. The second-order valence-corrected chi connectivity index (χ2v) is 14.5. The monoisotopic (exact) mass is 507 g/mol. The van der Waals surface area contributed by atoms with Crippen LogP contribution in [-0.2, 0) is 16.0 Å². The molecule has 1 aliphatic heterocycles. The van der Waals surface area contributed by atoms with Gasteiger partial charge in [-0.05, 0) is 41.9 Å². The molecule has 6 nitrogen and oxygen atoms in total. The first-order chi connectivity index (χ1) is 15.9. The van der Waals surface area contributed by atoms with Crippen molar-refractivity contribution < 1.29 is 14.7 Å². The van der Waals surface area contributed by atoms with Crippen molar-refractivity contribution in [3.8, 4) is 0 Å². The molecule has 2 fully saturated rings. The lowest BCUT2D eigenvalue weighted by molar-refractivity contribution is -0.144. The Morgan fingerprint density at radius 1 is 1.29 bits per heavy atom. The lowest BCUT2D eigenvalue weighted by Gasteiger charge is -2.53. The van der Waals surface area contributed by atoms with E-state index in [4.69, 9.17) is 4.98 Å². The SMILES string of the molecule is C[C@H](C(=O)N1CCSCC1)[C@H]1CC[C@]2(C)Cc3sc(NC(=O)CC(C)(C)C)nc3[C@H](C)[C@@H]2[C@H]1O. The summed E-state index contributed by atoms with van der Waals surface area (Å²) in [7, 11) is 0. The van der Waals surface area contributed by atoms with Crippen LogP contribution in [0.1, 0.15) is 77.3 Å². The Bertz CT molecular complexity index is 921. The maximum absolute atomic E-state index is 13.2. The van der Waals surface area contributed by atoms with E-state index in [2.05, 4.69) is 39.9 Å². The van der Waals surface area contributed by atoms with E-state index in [9.17, 15) is 14.7 Å². The molecule has 1 aromatic heterocycles. The summed E-state index contributed by atoms with van der Waals surface area (Å²) < 4.78 is 0. The predicted octanol–water partition coefficient (Wildman–Crippen LogP) is 4.78. The summed E-state index contributed by atoms with van der Waals surface area (Å²) in [6.45, 7) is 14.3. The third kappa shape index (κ3) is 5.19. The van der Waals surface area contributed by atoms with E-state index in [1.165, 1.54) is 4.88 Å². The van der Waals surface area contributed by atoms with Gasteiger partial charge in [0.05, 0.1) is 11.8 Å². The van der Waals surface area contributed by atoms with E-state index in [0.29, 0.717) is 11.6 Å². The standard InChI is InChI=1S/C26H41N3O3S2/c1-15(23(32)29-9-11-33-12-10-29)17-7-8-26(6)13-18-21(16(2)20(26)22(17)31)28-24(34-18)27-19(30)14-25(3,4)5/h15-17,20,22,31H,7-14H2,1-6H3,(H,27,28,30)/t15-,16+,17+,20+,22-,26+/m0/s1. The number of nitrogens with one attached hydrogen (secondary N) is 1. The average Bonchev–Trinajstić information content (AvgIpc) is 3.13. The molecule has 1 aromatic rings. The molecule has 34 heavy (non-hydrogen) atoms. The second-order valence-electron chi connectivity index (χ2n) is 12.2. The molecule has 0 spiro atoms. The van der Waals surface area contributed by atoms with E-state index in [-0.39, 0.29) is 46.3 Å². The van der Waals surface area contributed by atoms with Crippen LogP contribution in [0.3, 0.4) is 0 Å². The Balaban J connectivity index is 1.51. The summed E-state index contributed by atoms with van der Waals surface area (Å²) in [5.74, 6) is 2.17. The lowest BCUT2D eigenvalue weighted by atomic mass is 9.53. The minimum absolute atomic E-state index is 0.00146. The van der Waals surface area contributed by atoms with Gasteiger partial charge >= 0.3 is 0 Å². The molecule has 2 amide bonds. The fraction of sp³-hybridized carbons (Fsp3) is 0.808. The summed E-state index contributed by atoms with van der Waals surface area (Å²) in [5, 5.41) is 15.3. The zero-order valence-corrected chi connectivity index (χ0v) is 23.2. The van der Waals surface area contributed by atoms with Gasteiger partial charge in [0.2, 0.25) is 11.8 Å². The van der Waals surface area contributed by atoms with Crippen LogP contribution in [0.5, 0.6) is 0 Å². The second kappa shape index (κ2) is 9.74. The number of hydrogen-bond acceptors (Lipinski definition) is 6. The number of rotatable bonds is 4. The number of carbonyl (C=O) groups is 2. The van der Waals surface area contributed by atoms with E-state index in [1.54, 1.807) is 11.3 Å². The first kappa shape index (κ1) is 26.0. The Labute approximate surface area is 212 Å². The van der Waals surface area contributed by atoms with Crippen LogP contribution in [0, 0.1) is 28.6 Å². The molecule has 3 aliphatic rings. The highest BCUT2D eigenvalue weighted by atomic mass is 32.2. The van der Waals surface area contributed by atoms with Crippen molar-refractivity contribution in [1.29, 1.82) is 0 Å². The molecule has 8 heteroatoms. The Hall–Kier alpha value is -1.12. The topological polar surface area (TPSA) is 82.5 Å². The molecule has 2 aliphatic carbocycles. The van der Waals surface area contributed by atoms with E-state index < -0.39 is 6.10 Å². The van der Waals surface area contributed by atoms with Gasteiger partial charge in [-0.3, -0.25) is 9.59 Å². The average molecular weight is 508 g/mol. The molecule has 0 unspecified atom stereocenters. The van der Waals surface area contributed by atoms with E-state index in [0.717, 1.165) is 49.6 Å². The van der Waals surface area contributed by atoms with Gasteiger partial charge in [0.25, 0.3) is 0 Å². The normalized spacial score (nSPS) is 32.5. The van der Waals surface area contributed by atoms with Crippen molar-refractivity contribution in [2.24, 2.45) is 28.6 Å². The van der Waals surface area contributed by atoms with E-state index in [1.807, 2.05) is 23.6 Å². The van der Waals surface area contributed by atoms with Crippen LogP contribution < -0.4 is 5.32 Å². The highest BCUT2D eigenvalue weighted by Gasteiger charge is 2.54. The van der Waals surface area contributed by atoms with Gasteiger partial charge in [-0.2, -0.15) is 11.8 Å². The van der Waals surface area contributed by atoms with Crippen molar-refractivity contribution in [3.05, 3.63) is 10.6 Å². The van der Waals surface area contributed by atoms with Gasteiger partial charge in [0, 0.05) is 47.7 Å². The third-order valence-corrected chi connectivity index (χ3v) is 10.1. The number of hydrogen-bond donors (Lipinski definition) is 2. The highest BCUT2D eigenvalue weighted by Crippen LogP contribution is 2.57. The predicted molar refractivity (Wildman–Crippen MR) is 140 cm³/mol. The van der Waals surface area contributed by atoms with E-state index >= 15 is 0 Å². The maximum Gasteiger partial charge on any atom is 0.226 e. The number of nitrogens with zero attached hydrogens (tertiary/aromatic N) is 2. The maximum atomic E-state index is 13.2. The van der Waals surface area contributed by atoms with Crippen molar-refractivity contribution in [1.82, 2.24) is 9.88 Å². The quantitative estimate of drug-likeness (QED) is 0.613. The number of aliphatic hydroxyl groups is 1. The number of anilines is 1. The number of thiazole rings is 1. The third-order valence-electron chi connectivity index (χ3n) is 8.21. The molecule has 6 atom stereocenters. The van der Waals surface area contributed by atoms with Gasteiger partial charge in [-0.25, -0.2) is 4.98 Å². The van der Waals surface area contributed by atoms with Crippen LogP contribution in [0.2, 0.25) is 0 Å². The molecule has 1 saturated heterocycles. The summed E-state index contributed by atoms with van der Waals surface area (Å²) in [6, 6.07) is 0. The van der Waals surface area contributed by atoms with Gasteiger partial charge in [-0.1, -0.05) is 41.5 Å². The fourth-order valence-corrected chi connectivity index (χ4v) is 8.68. The van der Waals surface area contributed by atoms with Crippen LogP contribution in [0.25, 0.3) is 0 Å². The minimum atomic E-state index is -0.527. The zero-order valence-electron chi connectivity index (χ0n) is 21.5. The largest absolute Gasteiger partial charge is 0.392 e. The number of aromatic nitrogens is 1. The van der Waals surface area contributed by atoms with Crippen LogP contribution in [-0.4, -0.2) is 57.5 Å². The number of thioether (sulfide) groups is 1. The molecule has 2 N–H and O–H groups in total. The zero-order chi connectivity index (χ0) is 24.8. The summed E-state index contributed by atoms with van der Waals surface area (Å²) in [5.41, 5.74) is 0.925. The lowest BCUT2D eigenvalue weighted by Crippen LogP contribution is -2.54. The Morgan fingerprint density at radius 3 is 2.62 bits per heavy atom. The summed E-state index contributed by atoms with van der Waals surface area (Å²) in [6.07, 6.45) is 2.68. The smallest absolute Gasteiger partial charge is 0.226 e. The summed E-state index contributed by atoms with van der Waals surface area (Å²) in [4.78, 5) is 33.8. The van der Waals surface area contributed by atoms with Gasteiger partial charge in [-0.15, -0.1) is 11.3 Å². The number of carbonyl (C=O) groups excluding carboxylic acids is 2. The van der Waals surface area contributed by atoms with Gasteiger partial charge in [0.15, 0.2) is 5.13 Å². The molecule has 4 rings (SSSR count).